The highest BCUT2D eigenvalue weighted by atomic mass is 16.3. The van der Waals surface area contributed by atoms with Crippen molar-refractivity contribution in [3.05, 3.63) is 10.4 Å². The number of aromatic nitrogens is 2. The number of aliphatic hydroxyl groups is 2. The smallest absolute Gasteiger partial charge is 0.277 e. The second-order valence-electron chi connectivity index (χ2n) is 4.06. The standard InChI is InChI=1S/C9H16N6O3/c10-8-13-6-5(7(18)14-8)12-9(11)15(6)2-1-4(17)3-16/h4,9,12,16-17H,1-3,11H2,(H3,10,13,14,18). The van der Waals surface area contributed by atoms with Gasteiger partial charge in [-0.3, -0.25) is 15.5 Å². The summed E-state index contributed by atoms with van der Waals surface area (Å²) in [6, 6.07) is 0. The van der Waals surface area contributed by atoms with Gasteiger partial charge in [0.1, 0.15) is 5.69 Å². The Hall–Kier alpha value is -1.84. The van der Waals surface area contributed by atoms with Crippen molar-refractivity contribution in [1.29, 1.82) is 0 Å². The summed E-state index contributed by atoms with van der Waals surface area (Å²) in [7, 11) is 0. The van der Waals surface area contributed by atoms with E-state index < -0.39 is 18.0 Å². The van der Waals surface area contributed by atoms with Gasteiger partial charge in [0.15, 0.2) is 12.1 Å². The number of nitrogens with one attached hydrogen (secondary N) is 2. The first-order valence-corrected chi connectivity index (χ1v) is 5.50. The third kappa shape index (κ3) is 2.23. The van der Waals surface area contributed by atoms with E-state index in [1.807, 2.05) is 0 Å². The maximum Gasteiger partial charge on any atom is 0.277 e. The molecule has 9 nitrogen and oxygen atoms in total. The average molecular weight is 256 g/mol. The molecule has 1 aromatic heterocycles. The van der Waals surface area contributed by atoms with E-state index in [-0.39, 0.29) is 18.2 Å². The fraction of sp³-hybridized carbons (Fsp3) is 0.556. The molecule has 0 amide bonds. The monoisotopic (exact) mass is 256 g/mol. The zero-order valence-electron chi connectivity index (χ0n) is 9.63. The molecule has 18 heavy (non-hydrogen) atoms. The van der Waals surface area contributed by atoms with Crippen LogP contribution in [0.3, 0.4) is 0 Å². The Balaban J connectivity index is 2.22. The van der Waals surface area contributed by atoms with E-state index >= 15 is 0 Å². The summed E-state index contributed by atoms with van der Waals surface area (Å²) in [6.07, 6.45) is -1.14. The van der Waals surface area contributed by atoms with Gasteiger partial charge in [0.25, 0.3) is 5.56 Å². The average Bonchev–Trinajstić information content (AvgIpc) is 2.63. The number of aromatic amines is 1. The lowest BCUT2D eigenvalue weighted by molar-refractivity contribution is 0.0895. The van der Waals surface area contributed by atoms with Crippen LogP contribution in [0, 0.1) is 0 Å². The summed E-state index contributed by atoms with van der Waals surface area (Å²) < 4.78 is 0. The number of hydrogen-bond donors (Lipinski definition) is 6. The predicted octanol–water partition coefficient (Wildman–Crippen LogP) is -2.43. The molecule has 2 heterocycles. The predicted molar refractivity (Wildman–Crippen MR) is 65.9 cm³/mol. The molecule has 9 heteroatoms. The van der Waals surface area contributed by atoms with Gasteiger partial charge in [-0.2, -0.15) is 4.98 Å². The topological polar surface area (TPSA) is 154 Å². The summed E-state index contributed by atoms with van der Waals surface area (Å²) >= 11 is 0. The number of nitrogens with zero attached hydrogens (tertiary/aromatic N) is 2. The van der Waals surface area contributed by atoms with Gasteiger partial charge < -0.3 is 26.2 Å². The number of anilines is 3. The molecule has 8 N–H and O–H groups in total. The van der Waals surface area contributed by atoms with E-state index in [4.69, 9.17) is 16.6 Å². The molecule has 1 aromatic rings. The fourth-order valence-corrected chi connectivity index (χ4v) is 1.80. The molecule has 0 bridgehead atoms. The summed E-state index contributed by atoms with van der Waals surface area (Å²) in [6.45, 7) is 0.0209. The highest BCUT2D eigenvalue weighted by molar-refractivity contribution is 5.71. The highest BCUT2D eigenvalue weighted by Crippen LogP contribution is 2.27. The summed E-state index contributed by atoms with van der Waals surface area (Å²) in [5.74, 6) is 0.358. The molecule has 100 valence electrons. The van der Waals surface area contributed by atoms with Crippen LogP contribution >= 0.6 is 0 Å². The Morgan fingerprint density at radius 1 is 1.56 bits per heavy atom. The van der Waals surface area contributed by atoms with Crippen molar-refractivity contribution in [2.75, 3.05) is 29.1 Å². The van der Waals surface area contributed by atoms with Gasteiger partial charge in [-0.25, -0.2) is 0 Å². The van der Waals surface area contributed by atoms with E-state index in [9.17, 15) is 9.90 Å². The lowest BCUT2D eigenvalue weighted by atomic mass is 10.2. The van der Waals surface area contributed by atoms with E-state index in [0.717, 1.165) is 0 Å². The molecule has 0 saturated carbocycles. The lowest BCUT2D eigenvalue weighted by Crippen LogP contribution is -2.44. The van der Waals surface area contributed by atoms with Crippen LogP contribution < -0.4 is 27.2 Å². The molecule has 0 spiro atoms. The zero-order chi connectivity index (χ0) is 13.3. The second-order valence-corrected chi connectivity index (χ2v) is 4.06. The van der Waals surface area contributed by atoms with E-state index in [1.165, 1.54) is 0 Å². The minimum absolute atomic E-state index is 0.00218. The number of H-pyrrole nitrogens is 1. The van der Waals surface area contributed by atoms with Crippen LogP contribution in [0.2, 0.25) is 0 Å². The van der Waals surface area contributed by atoms with Crippen LogP contribution in [0.5, 0.6) is 0 Å². The van der Waals surface area contributed by atoms with Crippen LogP contribution in [0.25, 0.3) is 0 Å². The molecule has 0 saturated heterocycles. The largest absolute Gasteiger partial charge is 0.394 e. The Bertz CT molecular complexity index is 490. The van der Waals surface area contributed by atoms with Crippen LogP contribution in [0.1, 0.15) is 6.42 Å². The van der Waals surface area contributed by atoms with E-state index in [0.29, 0.717) is 18.8 Å². The van der Waals surface area contributed by atoms with Gasteiger partial charge in [-0.1, -0.05) is 0 Å². The summed E-state index contributed by atoms with van der Waals surface area (Å²) in [4.78, 5) is 19.6. The van der Waals surface area contributed by atoms with Gasteiger partial charge in [0, 0.05) is 6.54 Å². The zero-order valence-corrected chi connectivity index (χ0v) is 9.63. The van der Waals surface area contributed by atoms with Gasteiger partial charge >= 0.3 is 0 Å². The minimum atomic E-state index is -0.833. The number of aliphatic hydroxyl groups excluding tert-OH is 2. The Morgan fingerprint density at radius 2 is 2.28 bits per heavy atom. The van der Waals surface area contributed by atoms with Crippen LogP contribution in [-0.4, -0.2) is 45.7 Å². The van der Waals surface area contributed by atoms with Crippen molar-refractivity contribution in [3.63, 3.8) is 0 Å². The van der Waals surface area contributed by atoms with E-state index in [2.05, 4.69) is 15.3 Å². The minimum Gasteiger partial charge on any atom is -0.394 e. The quantitative estimate of drug-likeness (QED) is 0.347. The number of nitrogens with two attached hydrogens (primary N) is 2. The third-order valence-electron chi connectivity index (χ3n) is 2.73. The fourth-order valence-electron chi connectivity index (χ4n) is 1.80. The van der Waals surface area contributed by atoms with Gasteiger partial charge in [0.2, 0.25) is 5.95 Å². The van der Waals surface area contributed by atoms with Crippen molar-refractivity contribution < 1.29 is 10.2 Å². The molecule has 0 fully saturated rings. The number of hydrogen-bond acceptors (Lipinski definition) is 8. The molecule has 2 rings (SSSR count). The summed E-state index contributed by atoms with van der Waals surface area (Å²) in [5.41, 5.74) is 11.2. The molecule has 0 radical (unpaired) electrons. The summed E-state index contributed by atoms with van der Waals surface area (Å²) in [5, 5.41) is 20.8. The molecule has 1 aliphatic rings. The van der Waals surface area contributed by atoms with E-state index in [1.54, 1.807) is 4.90 Å². The van der Waals surface area contributed by atoms with Crippen molar-refractivity contribution in [2.45, 2.75) is 18.8 Å². The maximum atomic E-state index is 11.6. The third-order valence-corrected chi connectivity index (χ3v) is 2.73. The Morgan fingerprint density at radius 3 is 2.94 bits per heavy atom. The highest BCUT2D eigenvalue weighted by Gasteiger charge is 2.30. The number of rotatable bonds is 4. The van der Waals surface area contributed by atoms with Crippen LogP contribution in [0.4, 0.5) is 17.5 Å². The van der Waals surface area contributed by atoms with Gasteiger partial charge in [-0.05, 0) is 6.42 Å². The number of nitrogen functional groups attached to an aromatic ring is 1. The van der Waals surface area contributed by atoms with Crippen molar-refractivity contribution in [2.24, 2.45) is 5.73 Å². The molecular weight excluding hydrogens is 240 g/mol. The molecule has 0 aromatic carbocycles. The number of fused-ring (bicyclic) bond motifs is 1. The van der Waals surface area contributed by atoms with Crippen LogP contribution in [-0.2, 0) is 0 Å². The molecule has 2 unspecified atom stereocenters. The Labute approximate surface area is 102 Å². The lowest BCUT2D eigenvalue weighted by Gasteiger charge is -2.23. The van der Waals surface area contributed by atoms with Crippen molar-refractivity contribution in [1.82, 2.24) is 9.97 Å². The SMILES string of the molecule is Nc1nc2c(c(=O)[nH]1)NC(N)N2CCC(O)CO. The first kappa shape index (κ1) is 12.6. The normalized spacial score (nSPS) is 19.5. The molecule has 1 aliphatic heterocycles. The van der Waals surface area contributed by atoms with Gasteiger partial charge in [0.05, 0.1) is 12.7 Å². The second kappa shape index (κ2) is 4.80. The molecular formula is C9H16N6O3. The first-order valence-electron chi connectivity index (χ1n) is 5.50. The van der Waals surface area contributed by atoms with Gasteiger partial charge in [-0.15, -0.1) is 0 Å². The van der Waals surface area contributed by atoms with Crippen molar-refractivity contribution >= 4 is 17.5 Å². The molecule has 0 aliphatic carbocycles. The first-order chi connectivity index (χ1) is 8.52. The molecule has 2 atom stereocenters. The van der Waals surface area contributed by atoms with Crippen LogP contribution in [0.15, 0.2) is 4.79 Å². The maximum absolute atomic E-state index is 11.6. The van der Waals surface area contributed by atoms with Crippen molar-refractivity contribution in [3.8, 4) is 0 Å². The Kier molecular flexibility index (Phi) is 3.36.